The SMILES string of the molecule is C=C(O)CN.CC.Cc1ccc(O)cc1. The van der Waals surface area contributed by atoms with Crippen molar-refractivity contribution >= 4 is 0 Å². The van der Waals surface area contributed by atoms with E-state index in [2.05, 4.69) is 6.58 Å². The minimum absolute atomic E-state index is 0.0324. The van der Waals surface area contributed by atoms with E-state index in [1.165, 1.54) is 5.56 Å². The Morgan fingerprint density at radius 1 is 1.27 bits per heavy atom. The average molecular weight is 211 g/mol. The van der Waals surface area contributed by atoms with E-state index in [1.54, 1.807) is 12.1 Å². The van der Waals surface area contributed by atoms with Gasteiger partial charge in [0, 0.05) is 0 Å². The van der Waals surface area contributed by atoms with Crippen LogP contribution < -0.4 is 5.73 Å². The van der Waals surface area contributed by atoms with Crippen LogP contribution in [-0.4, -0.2) is 16.8 Å². The maximum absolute atomic E-state index is 8.76. The fourth-order valence-electron chi connectivity index (χ4n) is 0.545. The van der Waals surface area contributed by atoms with E-state index < -0.39 is 0 Å². The summed E-state index contributed by atoms with van der Waals surface area (Å²) < 4.78 is 0. The molecule has 3 heteroatoms. The summed E-state index contributed by atoms with van der Waals surface area (Å²) in [6.45, 7) is 9.26. The van der Waals surface area contributed by atoms with Crippen molar-refractivity contribution in [2.24, 2.45) is 5.73 Å². The van der Waals surface area contributed by atoms with Crippen LogP contribution in [0.2, 0.25) is 0 Å². The Bertz CT molecular complexity index is 234. The molecule has 0 radical (unpaired) electrons. The second-order valence-corrected chi connectivity index (χ2v) is 2.61. The van der Waals surface area contributed by atoms with Gasteiger partial charge in [0.2, 0.25) is 0 Å². The number of aliphatic hydroxyl groups is 1. The summed E-state index contributed by atoms with van der Waals surface area (Å²) in [6.07, 6.45) is 0. The summed E-state index contributed by atoms with van der Waals surface area (Å²) in [5.74, 6) is 0.362. The zero-order valence-corrected chi connectivity index (χ0v) is 9.70. The molecule has 15 heavy (non-hydrogen) atoms. The van der Waals surface area contributed by atoms with Crippen molar-refractivity contribution in [1.29, 1.82) is 0 Å². The van der Waals surface area contributed by atoms with Crippen LogP contribution in [-0.2, 0) is 0 Å². The first-order chi connectivity index (χ1) is 7.06. The Morgan fingerprint density at radius 3 is 1.80 bits per heavy atom. The summed E-state index contributed by atoms with van der Waals surface area (Å²) in [5.41, 5.74) is 5.99. The quantitative estimate of drug-likeness (QED) is 0.626. The number of rotatable bonds is 1. The third-order valence-corrected chi connectivity index (χ3v) is 1.27. The van der Waals surface area contributed by atoms with E-state index >= 15 is 0 Å². The van der Waals surface area contributed by atoms with E-state index in [4.69, 9.17) is 15.9 Å². The van der Waals surface area contributed by atoms with Gasteiger partial charge in [0.25, 0.3) is 0 Å². The van der Waals surface area contributed by atoms with Crippen LogP contribution in [0.4, 0.5) is 0 Å². The van der Waals surface area contributed by atoms with Gasteiger partial charge in [-0.1, -0.05) is 38.1 Å². The molecule has 0 aliphatic rings. The Kier molecular flexibility index (Phi) is 11.3. The van der Waals surface area contributed by atoms with Crippen molar-refractivity contribution in [1.82, 2.24) is 0 Å². The third kappa shape index (κ3) is 12.5. The number of hydrogen-bond acceptors (Lipinski definition) is 3. The summed E-state index contributed by atoms with van der Waals surface area (Å²) >= 11 is 0. The predicted molar refractivity (Wildman–Crippen MR) is 65.0 cm³/mol. The molecule has 1 aromatic carbocycles. The molecule has 0 saturated carbocycles. The molecule has 3 nitrogen and oxygen atoms in total. The first-order valence-electron chi connectivity index (χ1n) is 4.88. The van der Waals surface area contributed by atoms with Gasteiger partial charge in [-0.3, -0.25) is 0 Å². The normalized spacial score (nSPS) is 7.73. The average Bonchev–Trinajstić information content (AvgIpc) is 2.26. The number of hydrogen-bond donors (Lipinski definition) is 3. The minimum Gasteiger partial charge on any atom is -0.512 e. The topological polar surface area (TPSA) is 66.5 Å². The molecule has 0 amide bonds. The Labute approximate surface area is 91.9 Å². The van der Waals surface area contributed by atoms with Gasteiger partial charge in [-0.25, -0.2) is 0 Å². The Morgan fingerprint density at radius 2 is 1.60 bits per heavy atom. The summed E-state index contributed by atoms with van der Waals surface area (Å²) in [4.78, 5) is 0. The highest BCUT2D eigenvalue weighted by atomic mass is 16.3. The van der Waals surface area contributed by atoms with Crippen LogP contribution in [0.5, 0.6) is 5.75 Å². The molecule has 0 aliphatic heterocycles. The van der Waals surface area contributed by atoms with Gasteiger partial charge >= 0.3 is 0 Å². The van der Waals surface area contributed by atoms with Gasteiger partial charge < -0.3 is 15.9 Å². The fourth-order valence-corrected chi connectivity index (χ4v) is 0.545. The van der Waals surface area contributed by atoms with E-state index in [1.807, 2.05) is 32.9 Å². The predicted octanol–water partition coefficient (Wildman–Crippen LogP) is 2.74. The first-order valence-corrected chi connectivity index (χ1v) is 4.88. The molecule has 86 valence electrons. The van der Waals surface area contributed by atoms with E-state index in [9.17, 15) is 0 Å². The molecule has 1 rings (SSSR count). The smallest absolute Gasteiger partial charge is 0.115 e. The fraction of sp³-hybridized carbons (Fsp3) is 0.333. The number of phenols is 1. The maximum atomic E-state index is 8.76. The maximum Gasteiger partial charge on any atom is 0.115 e. The molecule has 0 heterocycles. The summed E-state index contributed by atoms with van der Waals surface area (Å²) in [6, 6.07) is 7.09. The molecule has 0 saturated heterocycles. The molecule has 0 atom stereocenters. The van der Waals surface area contributed by atoms with Gasteiger partial charge in [0.1, 0.15) is 5.75 Å². The van der Waals surface area contributed by atoms with Gasteiger partial charge in [-0.15, -0.1) is 0 Å². The Balaban J connectivity index is 0. The number of benzene rings is 1. The molecule has 0 bridgehead atoms. The number of aliphatic hydroxyl groups excluding tert-OH is 1. The molecular formula is C12H21NO2. The van der Waals surface area contributed by atoms with Crippen LogP contribution in [0.15, 0.2) is 36.6 Å². The van der Waals surface area contributed by atoms with E-state index in [-0.39, 0.29) is 12.3 Å². The van der Waals surface area contributed by atoms with Crippen LogP contribution in [0.3, 0.4) is 0 Å². The second kappa shape index (κ2) is 10.6. The van der Waals surface area contributed by atoms with Gasteiger partial charge in [0.05, 0.1) is 12.3 Å². The first kappa shape index (κ1) is 16.0. The number of aromatic hydroxyl groups is 1. The lowest BCUT2D eigenvalue weighted by atomic mass is 10.2. The molecular weight excluding hydrogens is 190 g/mol. The van der Waals surface area contributed by atoms with Crippen molar-refractivity contribution in [3.05, 3.63) is 42.2 Å². The molecule has 1 aromatic rings. The second-order valence-electron chi connectivity index (χ2n) is 2.61. The van der Waals surface area contributed by atoms with Gasteiger partial charge in [-0.05, 0) is 19.1 Å². The standard InChI is InChI=1S/C7H8O.C3H7NO.C2H6/c1-6-2-4-7(8)5-3-6;1-3(5)2-4;1-2/h2-5,8H,1H3;5H,1-2,4H2;1-2H3. The highest BCUT2D eigenvalue weighted by Crippen LogP contribution is 2.07. The highest BCUT2D eigenvalue weighted by molar-refractivity contribution is 5.24. The van der Waals surface area contributed by atoms with Crippen LogP contribution in [0.25, 0.3) is 0 Å². The molecule has 0 fully saturated rings. The van der Waals surface area contributed by atoms with Crippen molar-refractivity contribution in [2.45, 2.75) is 20.8 Å². The van der Waals surface area contributed by atoms with Crippen molar-refractivity contribution in [3.63, 3.8) is 0 Å². The lowest BCUT2D eigenvalue weighted by Gasteiger charge is -1.89. The van der Waals surface area contributed by atoms with Crippen molar-refractivity contribution in [3.8, 4) is 5.75 Å². The van der Waals surface area contributed by atoms with Crippen LogP contribution in [0, 0.1) is 6.92 Å². The Hall–Kier alpha value is -1.48. The molecule has 0 aliphatic carbocycles. The molecule has 0 spiro atoms. The lowest BCUT2D eigenvalue weighted by Crippen LogP contribution is -1.99. The minimum atomic E-state index is 0.0324. The van der Waals surface area contributed by atoms with E-state index in [0.29, 0.717) is 5.75 Å². The molecule has 0 unspecified atom stereocenters. The van der Waals surface area contributed by atoms with Gasteiger partial charge in [-0.2, -0.15) is 0 Å². The molecule has 4 N–H and O–H groups in total. The number of nitrogens with two attached hydrogens (primary N) is 1. The lowest BCUT2D eigenvalue weighted by molar-refractivity contribution is 0.406. The number of aryl methyl sites for hydroxylation is 1. The van der Waals surface area contributed by atoms with Gasteiger partial charge in [0.15, 0.2) is 0 Å². The summed E-state index contributed by atoms with van der Waals surface area (Å²) in [7, 11) is 0. The summed E-state index contributed by atoms with van der Waals surface area (Å²) in [5, 5.41) is 16.8. The van der Waals surface area contributed by atoms with Crippen molar-refractivity contribution in [2.75, 3.05) is 6.54 Å². The van der Waals surface area contributed by atoms with E-state index in [0.717, 1.165) is 0 Å². The van der Waals surface area contributed by atoms with Crippen molar-refractivity contribution < 1.29 is 10.2 Å². The van der Waals surface area contributed by atoms with Crippen LogP contribution >= 0.6 is 0 Å². The van der Waals surface area contributed by atoms with Crippen LogP contribution in [0.1, 0.15) is 19.4 Å². The molecule has 0 aromatic heterocycles. The largest absolute Gasteiger partial charge is 0.512 e. The zero-order valence-electron chi connectivity index (χ0n) is 9.70. The number of phenolic OH excluding ortho intramolecular Hbond substituents is 1. The zero-order chi connectivity index (χ0) is 12.3. The monoisotopic (exact) mass is 211 g/mol. The highest BCUT2D eigenvalue weighted by Gasteiger charge is 1.82. The third-order valence-electron chi connectivity index (χ3n) is 1.27.